The van der Waals surface area contributed by atoms with Crippen molar-refractivity contribution in [3.8, 4) is 5.75 Å². The van der Waals surface area contributed by atoms with Gasteiger partial charge in [0.15, 0.2) is 0 Å². The smallest absolute Gasteiger partial charge is 0.419 e. The van der Waals surface area contributed by atoms with E-state index in [9.17, 15) is 18.0 Å². The molecule has 3 aromatic rings. The summed E-state index contributed by atoms with van der Waals surface area (Å²) in [5.74, 6) is 0.360. The number of anilines is 1. The Balaban J connectivity index is 1.66. The first-order valence-electron chi connectivity index (χ1n) is 8.42. The summed E-state index contributed by atoms with van der Waals surface area (Å²) in [5, 5.41) is 5.88. The molecule has 0 unspecified atom stereocenters. The van der Waals surface area contributed by atoms with Crippen molar-refractivity contribution in [1.29, 1.82) is 0 Å². The predicted octanol–water partition coefficient (Wildman–Crippen LogP) is 4.01. The lowest BCUT2D eigenvalue weighted by Gasteiger charge is -2.13. The molecule has 2 heterocycles. The van der Waals surface area contributed by atoms with Crippen LogP contribution in [0.15, 0.2) is 40.9 Å². The number of nitrogens with one attached hydrogen (secondary N) is 2. The van der Waals surface area contributed by atoms with E-state index in [0.717, 1.165) is 6.07 Å². The van der Waals surface area contributed by atoms with Crippen LogP contribution in [0.2, 0.25) is 0 Å². The Kier molecular flexibility index (Phi) is 5.43. The Labute approximate surface area is 158 Å². The predicted molar refractivity (Wildman–Crippen MR) is 97.6 cm³/mol. The highest BCUT2D eigenvalue weighted by Crippen LogP contribution is 2.33. The number of pyridine rings is 1. The highest BCUT2D eigenvalue weighted by Gasteiger charge is 2.33. The third-order valence-corrected chi connectivity index (χ3v) is 4.11. The van der Waals surface area contributed by atoms with Crippen LogP contribution in [0, 0.1) is 6.92 Å². The van der Waals surface area contributed by atoms with Crippen molar-refractivity contribution < 1.29 is 27.1 Å². The Morgan fingerprint density at radius 1 is 1.25 bits per heavy atom. The van der Waals surface area contributed by atoms with E-state index in [4.69, 9.17) is 9.15 Å². The number of amides is 1. The number of hydrogen-bond acceptors (Lipinski definition) is 5. The maximum absolute atomic E-state index is 13.0. The van der Waals surface area contributed by atoms with Crippen LogP contribution in [0.1, 0.15) is 21.7 Å². The average molecular weight is 393 g/mol. The molecule has 28 heavy (non-hydrogen) atoms. The maximum atomic E-state index is 13.0. The number of alkyl halides is 3. The van der Waals surface area contributed by atoms with Gasteiger partial charge in [-0.05, 0) is 37.3 Å². The monoisotopic (exact) mass is 393 g/mol. The molecule has 0 bridgehead atoms. The SMILES string of the molecule is COc1ccc2oc(C)c(C(=O)NCCNc3ncccc3C(F)(F)F)c2c1. The van der Waals surface area contributed by atoms with Gasteiger partial charge in [-0.2, -0.15) is 13.2 Å². The Bertz CT molecular complexity index is 999. The standard InChI is InChI=1S/C19H18F3N3O3/c1-11-16(13-10-12(27-2)5-6-15(13)28-11)18(26)25-9-8-24-17-14(19(20,21)22)4-3-7-23-17/h3-7,10H,8-9H2,1-2H3,(H,23,24)(H,25,26). The molecular weight excluding hydrogens is 375 g/mol. The summed E-state index contributed by atoms with van der Waals surface area (Å²) in [4.78, 5) is 16.3. The van der Waals surface area contributed by atoms with Crippen molar-refractivity contribution in [2.75, 3.05) is 25.5 Å². The van der Waals surface area contributed by atoms with E-state index in [1.54, 1.807) is 25.1 Å². The van der Waals surface area contributed by atoms with Crippen LogP contribution in [0.4, 0.5) is 19.0 Å². The molecule has 0 aliphatic carbocycles. The molecule has 0 aliphatic rings. The normalized spacial score (nSPS) is 11.5. The third kappa shape index (κ3) is 4.03. The minimum absolute atomic E-state index is 0.0734. The summed E-state index contributed by atoms with van der Waals surface area (Å²) in [6, 6.07) is 7.29. The molecular formula is C19H18F3N3O3. The van der Waals surface area contributed by atoms with Gasteiger partial charge >= 0.3 is 6.18 Å². The molecule has 0 fully saturated rings. The zero-order valence-electron chi connectivity index (χ0n) is 15.2. The molecule has 0 radical (unpaired) electrons. The van der Waals surface area contributed by atoms with Gasteiger partial charge < -0.3 is 19.8 Å². The Morgan fingerprint density at radius 2 is 2.04 bits per heavy atom. The van der Waals surface area contributed by atoms with Crippen molar-refractivity contribution >= 4 is 22.7 Å². The molecule has 1 amide bonds. The summed E-state index contributed by atoms with van der Waals surface area (Å²) < 4.78 is 49.6. The number of hydrogen-bond donors (Lipinski definition) is 2. The van der Waals surface area contributed by atoms with Gasteiger partial charge in [0, 0.05) is 24.7 Å². The molecule has 9 heteroatoms. The molecule has 3 rings (SSSR count). The van der Waals surface area contributed by atoms with Crippen molar-refractivity contribution in [2.45, 2.75) is 13.1 Å². The number of halogens is 3. The highest BCUT2D eigenvalue weighted by atomic mass is 19.4. The number of carbonyl (C=O) groups excluding carboxylic acids is 1. The van der Waals surface area contributed by atoms with E-state index in [-0.39, 0.29) is 24.8 Å². The van der Waals surface area contributed by atoms with Gasteiger partial charge in [0.2, 0.25) is 0 Å². The number of aryl methyl sites for hydroxylation is 1. The highest BCUT2D eigenvalue weighted by molar-refractivity contribution is 6.07. The Morgan fingerprint density at radius 3 is 2.75 bits per heavy atom. The first-order valence-corrected chi connectivity index (χ1v) is 8.42. The number of ether oxygens (including phenoxy) is 1. The molecule has 6 nitrogen and oxygen atoms in total. The first kappa shape index (κ1) is 19.5. The molecule has 148 valence electrons. The van der Waals surface area contributed by atoms with Crippen molar-refractivity contribution in [3.05, 3.63) is 53.4 Å². The molecule has 0 aliphatic heterocycles. The largest absolute Gasteiger partial charge is 0.497 e. The zero-order valence-corrected chi connectivity index (χ0v) is 15.2. The molecule has 0 spiro atoms. The fourth-order valence-corrected chi connectivity index (χ4v) is 2.83. The van der Waals surface area contributed by atoms with Gasteiger partial charge in [-0.25, -0.2) is 4.98 Å². The van der Waals surface area contributed by atoms with Gasteiger partial charge in [0.25, 0.3) is 5.91 Å². The van der Waals surface area contributed by atoms with Crippen LogP contribution in [-0.2, 0) is 6.18 Å². The number of furan rings is 1. The van der Waals surface area contributed by atoms with Crippen LogP contribution in [0.25, 0.3) is 11.0 Å². The summed E-state index contributed by atoms with van der Waals surface area (Å²) >= 11 is 0. The minimum Gasteiger partial charge on any atom is -0.497 e. The number of benzene rings is 1. The van der Waals surface area contributed by atoms with Crippen LogP contribution < -0.4 is 15.4 Å². The lowest BCUT2D eigenvalue weighted by Crippen LogP contribution is -2.29. The molecule has 0 atom stereocenters. The van der Waals surface area contributed by atoms with Crippen LogP contribution in [0.3, 0.4) is 0 Å². The summed E-state index contributed by atoms with van der Waals surface area (Å²) in [6.07, 6.45) is -3.24. The second-order valence-corrected chi connectivity index (χ2v) is 5.98. The van der Waals surface area contributed by atoms with Gasteiger partial charge in [0.05, 0.1) is 18.2 Å². The van der Waals surface area contributed by atoms with Crippen LogP contribution >= 0.6 is 0 Å². The number of methoxy groups -OCH3 is 1. The lowest BCUT2D eigenvalue weighted by atomic mass is 10.1. The van der Waals surface area contributed by atoms with Gasteiger partial charge in [0.1, 0.15) is 22.9 Å². The second-order valence-electron chi connectivity index (χ2n) is 5.98. The molecule has 2 N–H and O–H groups in total. The van der Waals surface area contributed by atoms with Crippen molar-refractivity contribution in [1.82, 2.24) is 10.3 Å². The molecule has 0 saturated carbocycles. The lowest BCUT2D eigenvalue weighted by molar-refractivity contribution is -0.137. The quantitative estimate of drug-likeness (QED) is 0.619. The number of rotatable bonds is 6. The van der Waals surface area contributed by atoms with Crippen molar-refractivity contribution in [3.63, 3.8) is 0 Å². The number of nitrogens with zero attached hydrogens (tertiary/aromatic N) is 1. The second kappa shape index (κ2) is 7.79. The third-order valence-electron chi connectivity index (χ3n) is 4.11. The van der Waals surface area contributed by atoms with Crippen LogP contribution in [-0.4, -0.2) is 31.1 Å². The van der Waals surface area contributed by atoms with E-state index >= 15 is 0 Å². The molecule has 0 saturated heterocycles. The van der Waals surface area contributed by atoms with E-state index < -0.39 is 11.7 Å². The minimum atomic E-state index is -4.51. The van der Waals surface area contributed by atoms with Crippen LogP contribution in [0.5, 0.6) is 5.75 Å². The molecule has 1 aromatic carbocycles. The fraction of sp³-hybridized carbons (Fsp3) is 0.263. The van der Waals surface area contributed by atoms with E-state index in [1.165, 1.54) is 19.4 Å². The number of fused-ring (bicyclic) bond motifs is 1. The van der Waals surface area contributed by atoms with E-state index in [2.05, 4.69) is 15.6 Å². The fourth-order valence-electron chi connectivity index (χ4n) is 2.83. The van der Waals surface area contributed by atoms with Gasteiger partial charge in [-0.1, -0.05) is 0 Å². The summed E-state index contributed by atoms with van der Waals surface area (Å²) in [5.41, 5.74) is 0.0534. The molecule has 2 aromatic heterocycles. The van der Waals surface area contributed by atoms with Gasteiger partial charge in [-0.15, -0.1) is 0 Å². The van der Waals surface area contributed by atoms with E-state index in [1.807, 2.05) is 0 Å². The zero-order chi connectivity index (χ0) is 20.3. The summed E-state index contributed by atoms with van der Waals surface area (Å²) in [7, 11) is 1.52. The van der Waals surface area contributed by atoms with Crippen molar-refractivity contribution in [2.24, 2.45) is 0 Å². The number of carbonyl (C=O) groups is 1. The first-order chi connectivity index (χ1) is 13.3. The maximum Gasteiger partial charge on any atom is 0.419 e. The summed E-state index contributed by atoms with van der Waals surface area (Å²) in [6.45, 7) is 1.84. The Hall–Kier alpha value is -3.23. The number of aromatic nitrogens is 1. The topological polar surface area (TPSA) is 76.4 Å². The van der Waals surface area contributed by atoms with E-state index in [0.29, 0.717) is 28.0 Å². The average Bonchev–Trinajstić information content (AvgIpc) is 2.99. The van der Waals surface area contributed by atoms with Gasteiger partial charge in [-0.3, -0.25) is 4.79 Å².